The predicted molar refractivity (Wildman–Crippen MR) is 64.6 cm³/mol. The number of aromatic nitrogens is 1. The highest BCUT2D eigenvalue weighted by Gasteiger charge is 1.98. The first kappa shape index (κ1) is 12.2. The second-order valence-electron chi connectivity index (χ2n) is 3.26. The molecule has 0 radical (unpaired) electrons. The molecule has 1 aromatic rings. The summed E-state index contributed by atoms with van der Waals surface area (Å²) < 4.78 is 0. The van der Waals surface area contributed by atoms with Crippen molar-refractivity contribution >= 4 is 12.1 Å². The maximum absolute atomic E-state index is 10.1. The van der Waals surface area contributed by atoms with Crippen molar-refractivity contribution in [1.82, 2.24) is 15.6 Å². The molecule has 0 aromatic carbocycles. The molecule has 0 aliphatic rings. The van der Waals surface area contributed by atoms with Gasteiger partial charge in [-0.15, -0.1) is 0 Å². The number of amides is 1. The average molecular weight is 219 g/mol. The molecule has 16 heavy (non-hydrogen) atoms. The van der Waals surface area contributed by atoms with Crippen LogP contribution >= 0.6 is 0 Å². The highest BCUT2D eigenvalue weighted by Crippen LogP contribution is 2.10. The van der Waals surface area contributed by atoms with Crippen LogP contribution in [0, 0.1) is 0 Å². The molecule has 0 bridgehead atoms. The van der Waals surface area contributed by atoms with Crippen LogP contribution < -0.4 is 10.6 Å². The van der Waals surface area contributed by atoms with E-state index in [2.05, 4.69) is 28.6 Å². The van der Waals surface area contributed by atoms with Crippen LogP contribution in [0.1, 0.15) is 18.9 Å². The van der Waals surface area contributed by atoms with Crippen LogP contribution in [0.25, 0.3) is 5.70 Å². The van der Waals surface area contributed by atoms with Crippen LogP contribution in [-0.2, 0) is 4.79 Å². The second kappa shape index (κ2) is 7.45. The van der Waals surface area contributed by atoms with Crippen molar-refractivity contribution in [3.05, 3.63) is 36.2 Å². The van der Waals surface area contributed by atoms with E-state index in [-0.39, 0.29) is 0 Å². The van der Waals surface area contributed by atoms with E-state index in [0.717, 1.165) is 17.7 Å². The largest absolute Gasteiger partial charge is 0.383 e. The van der Waals surface area contributed by atoms with Crippen molar-refractivity contribution in [1.29, 1.82) is 0 Å². The first-order valence-electron chi connectivity index (χ1n) is 5.40. The van der Waals surface area contributed by atoms with Gasteiger partial charge >= 0.3 is 0 Å². The minimum atomic E-state index is 0.621. The van der Waals surface area contributed by atoms with Crippen LogP contribution in [0.4, 0.5) is 0 Å². The molecule has 0 saturated heterocycles. The van der Waals surface area contributed by atoms with Gasteiger partial charge < -0.3 is 10.6 Å². The molecule has 0 spiro atoms. The van der Waals surface area contributed by atoms with Crippen LogP contribution in [0.5, 0.6) is 0 Å². The van der Waals surface area contributed by atoms with Gasteiger partial charge in [-0.1, -0.05) is 13.0 Å². The van der Waals surface area contributed by atoms with Crippen molar-refractivity contribution in [3.63, 3.8) is 0 Å². The van der Waals surface area contributed by atoms with Crippen LogP contribution in [0.2, 0.25) is 0 Å². The Hall–Kier alpha value is -1.84. The molecule has 0 aliphatic carbocycles. The molecule has 0 aliphatic heterocycles. The summed E-state index contributed by atoms with van der Waals surface area (Å²) in [4.78, 5) is 14.1. The number of carbonyl (C=O) groups excluding carboxylic acids is 1. The summed E-state index contributed by atoms with van der Waals surface area (Å²) in [6.07, 6.45) is 7.33. The Kier molecular flexibility index (Phi) is 5.70. The van der Waals surface area contributed by atoms with E-state index < -0.39 is 0 Å². The molecule has 1 amide bonds. The molecule has 1 heterocycles. The number of hydrogen-bond donors (Lipinski definition) is 2. The lowest BCUT2D eigenvalue weighted by Gasteiger charge is -2.10. The van der Waals surface area contributed by atoms with Gasteiger partial charge in [0.05, 0.1) is 0 Å². The van der Waals surface area contributed by atoms with Gasteiger partial charge in [0.1, 0.15) is 0 Å². The van der Waals surface area contributed by atoms with Crippen molar-refractivity contribution in [3.8, 4) is 0 Å². The van der Waals surface area contributed by atoms with E-state index in [0.29, 0.717) is 19.5 Å². The lowest BCUT2D eigenvalue weighted by atomic mass is 10.2. The molecule has 1 aromatic heterocycles. The van der Waals surface area contributed by atoms with Crippen molar-refractivity contribution in [2.24, 2.45) is 0 Å². The lowest BCUT2D eigenvalue weighted by molar-refractivity contribution is -0.109. The van der Waals surface area contributed by atoms with E-state index in [4.69, 9.17) is 0 Å². The first-order chi connectivity index (χ1) is 7.88. The molecule has 86 valence electrons. The summed E-state index contributed by atoms with van der Waals surface area (Å²) in [5.41, 5.74) is 2.19. The van der Waals surface area contributed by atoms with E-state index in [1.54, 1.807) is 12.4 Å². The van der Waals surface area contributed by atoms with E-state index >= 15 is 0 Å². The molecule has 0 atom stereocenters. The van der Waals surface area contributed by atoms with E-state index in [1.807, 2.05) is 12.1 Å². The third-order valence-electron chi connectivity index (χ3n) is 2.07. The van der Waals surface area contributed by atoms with Crippen LogP contribution in [0.3, 0.4) is 0 Å². The highest BCUT2D eigenvalue weighted by atomic mass is 16.1. The number of allylic oxidation sites excluding steroid dienone is 1. The van der Waals surface area contributed by atoms with E-state index in [1.165, 1.54) is 0 Å². The molecule has 4 nitrogen and oxygen atoms in total. The fourth-order valence-electron chi connectivity index (χ4n) is 1.36. The zero-order valence-electron chi connectivity index (χ0n) is 9.44. The molecule has 0 unspecified atom stereocenters. The van der Waals surface area contributed by atoms with Crippen molar-refractivity contribution < 1.29 is 4.79 Å². The van der Waals surface area contributed by atoms with Crippen molar-refractivity contribution in [2.75, 3.05) is 13.1 Å². The molecule has 0 fully saturated rings. The number of pyridine rings is 1. The number of rotatable bonds is 7. The maximum atomic E-state index is 10.1. The minimum absolute atomic E-state index is 0.621. The fourth-order valence-corrected chi connectivity index (χ4v) is 1.36. The minimum Gasteiger partial charge on any atom is -0.383 e. The van der Waals surface area contributed by atoms with Crippen molar-refractivity contribution in [2.45, 2.75) is 13.3 Å². The molecule has 4 heteroatoms. The summed E-state index contributed by atoms with van der Waals surface area (Å²) >= 11 is 0. The molecular formula is C12H17N3O. The maximum Gasteiger partial charge on any atom is 0.207 e. The zero-order valence-corrected chi connectivity index (χ0v) is 9.44. The summed E-state index contributed by atoms with van der Waals surface area (Å²) in [5, 5.41) is 5.90. The number of hydrogen-bond acceptors (Lipinski definition) is 3. The Balaban J connectivity index is 2.55. The lowest BCUT2D eigenvalue weighted by Crippen LogP contribution is -2.25. The van der Waals surface area contributed by atoms with Gasteiger partial charge in [0.15, 0.2) is 0 Å². The third-order valence-corrected chi connectivity index (χ3v) is 2.07. The Labute approximate surface area is 95.8 Å². The third kappa shape index (κ3) is 4.13. The normalized spacial score (nSPS) is 10.9. The molecule has 2 N–H and O–H groups in total. The topological polar surface area (TPSA) is 54.0 Å². The quantitative estimate of drug-likeness (QED) is 0.534. The van der Waals surface area contributed by atoms with Gasteiger partial charge in [-0.05, 0) is 18.6 Å². The Morgan fingerprint density at radius 2 is 2.12 bits per heavy atom. The molecule has 0 saturated carbocycles. The summed E-state index contributed by atoms with van der Waals surface area (Å²) in [6, 6.07) is 3.92. The molecule has 1 rings (SSSR count). The monoisotopic (exact) mass is 219 g/mol. The SMILES string of the molecule is CC/C=C(/NCCNC=O)c1ccncc1. The van der Waals surface area contributed by atoms with Crippen LogP contribution in [0.15, 0.2) is 30.6 Å². The van der Waals surface area contributed by atoms with Gasteiger partial charge in [-0.2, -0.15) is 0 Å². The summed E-state index contributed by atoms with van der Waals surface area (Å²) in [6.45, 7) is 3.43. The summed E-state index contributed by atoms with van der Waals surface area (Å²) in [7, 11) is 0. The number of nitrogens with one attached hydrogen (secondary N) is 2. The predicted octanol–water partition coefficient (Wildman–Crippen LogP) is 1.17. The fraction of sp³-hybridized carbons (Fsp3) is 0.333. The first-order valence-corrected chi connectivity index (χ1v) is 5.40. The Bertz CT molecular complexity index is 335. The van der Waals surface area contributed by atoms with Gasteiger partial charge in [0, 0.05) is 36.7 Å². The summed E-state index contributed by atoms with van der Waals surface area (Å²) in [5.74, 6) is 0. The Morgan fingerprint density at radius 3 is 2.75 bits per heavy atom. The van der Waals surface area contributed by atoms with Gasteiger partial charge in [-0.3, -0.25) is 9.78 Å². The Morgan fingerprint density at radius 1 is 1.38 bits per heavy atom. The smallest absolute Gasteiger partial charge is 0.207 e. The number of nitrogens with zero attached hydrogens (tertiary/aromatic N) is 1. The van der Waals surface area contributed by atoms with Gasteiger partial charge in [0.25, 0.3) is 0 Å². The molecular weight excluding hydrogens is 202 g/mol. The van der Waals surface area contributed by atoms with Crippen LogP contribution in [-0.4, -0.2) is 24.5 Å². The van der Waals surface area contributed by atoms with Gasteiger partial charge in [-0.25, -0.2) is 0 Å². The number of carbonyl (C=O) groups is 1. The highest BCUT2D eigenvalue weighted by molar-refractivity contribution is 5.63. The standard InChI is InChI=1S/C12H17N3O/c1-2-3-12(15-9-8-14-10-16)11-4-6-13-7-5-11/h3-7,10,15H,2,8-9H2,1H3,(H,14,16)/b12-3+. The van der Waals surface area contributed by atoms with Gasteiger partial charge in [0.2, 0.25) is 6.41 Å². The van der Waals surface area contributed by atoms with E-state index in [9.17, 15) is 4.79 Å². The average Bonchev–Trinajstić information content (AvgIpc) is 2.34. The zero-order chi connectivity index (χ0) is 11.6. The second-order valence-corrected chi connectivity index (χ2v) is 3.26.